The molecule has 3 nitrogen and oxygen atoms in total. The van der Waals surface area contributed by atoms with Crippen LogP contribution in [0, 0.1) is 19.8 Å². The molecule has 1 aliphatic rings. The fourth-order valence-corrected chi connectivity index (χ4v) is 3.12. The quantitative estimate of drug-likeness (QED) is 0.852. The normalized spacial score (nSPS) is 25.7. The summed E-state index contributed by atoms with van der Waals surface area (Å²) in [6, 6.07) is 0.417. The third-order valence-corrected chi connectivity index (χ3v) is 4.42. The van der Waals surface area contributed by atoms with Crippen LogP contribution in [0.15, 0.2) is 0 Å². The molecule has 0 saturated heterocycles. The second kappa shape index (κ2) is 5.15. The van der Waals surface area contributed by atoms with E-state index in [4.69, 9.17) is 5.73 Å². The second-order valence-electron chi connectivity index (χ2n) is 4.83. The summed E-state index contributed by atoms with van der Waals surface area (Å²) in [6.07, 6.45) is 4.95. The van der Waals surface area contributed by atoms with Crippen LogP contribution >= 0.6 is 11.3 Å². The van der Waals surface area contributed by atoms with Gasteiger partial charge in [0.25, 0.3) is 0 Å². The number of aromatic nitrogens is 1. The number of nitrogens with one attached hydrogen (secondary N) is 1. The number of nitrogens with zero attached hydrogens (tertiary/aromatic N) is 1. The molecule has 0 radical (unpaired) electrons. The van der Waals surface area contributed by atoms with Crippen molar-refractivity contribution in [1.29, 1.82) is 0 Å². The molecular formula is C12H21N3S. The maximum atomic E-state index is 5.98. The van der Waals surface area contributed by atoms with E-state index < -0.39 is 0 Å². The zero-order valence-corrected chi connectivity index (χ0v) is 10.9. The van der Waals surface area contributed by atoms with Gasteiger partial charge in [0.2, 0.25) is 0 Å². The molecule has 0 amide bonds. The number of aryl methyl sites for hydroxylation is 2. The average Bonchev–Trinajstić information content (AvgIpc) is 2.56. The van der Waals surface area contributed by atoms with Gasteiger partial charge in [-0.05, 0) is 39.0 Å². The van der Waals surface area contributed by atoms with E-state index in [1.54, 1.807) is 11.3 Å². The summed E-state index contributed by atoms with van der Waals surface area (Å²) in [7, 11) is 0. The van der Waals surface area contributed by atoms with E-state index in [0.29, 0.717) is 6.04 Å². The van der Waals surface area contributed by atoms with Gasteiger partial charge in [0, 0.05) is 17.5 Å². The summed E-state index contributed by atoms with van der Waals surface area (Å²) in [4.78, 5) is 5.80. The zero-order valence-electron chi connectivity index (χ0n) is 10.1. The van der Waals surface area contributed by atoms with E-state index in [-0.39, 0.29) is 0 Å². The highest BCUT2D eigenvalue weighted by Crippen LogP contribution is 2.25. The predicted molar refractivity (Wildman–Crippen MR) is 70.0 cm³/mol. The molecule has 2 rings (SSSR count). The van der Waals surface area contributed by atoms with Crippen molar-refractivity contribution in [2.75, 3.05) is 11.9 Å². The van der Waals surface area contributed by atoms with Gasteiger partial charge in [-0.25, -0.2) is 4.98 Å². The molecule has 1 aromatic rings. The predicted octanol–water partition coefficient (Wildman–Crippen LogP) is 2.69. The Labute approximate surface area is 101 Å². The minimum absolute atomic E-state index is 0.417. The van der Waals surface area contributed by atoms with Crippen LogP contribution in [0.4, 0.5) is 5.13 Å². The first kappa shape index (κ1) is 11.9. The van der Waals surface area contributed by atoms with Gasteiger partial charge < -0.3 is 11.1 Å². The molecule has 1 heterocycles. The van der Waals surface area contributed by atoms with E-state index in [1.807, 2.05) is 0 Å². The first-order chi connectivity index (χ1) is 7.65. The van der Waals surface area contributed by atoms with E-state index >= 15 is 0 Å². The number of hydrogen-bond acceptors (Lipinski definition) is 4. The fraction of sp³-hybridized carbons (Fsp3) is 0.750. The first-order valence-corrected chi connectivity index (χ1v) is 6.90. The monoisotopic (exact) mass is 239 g/mol. The summed E-state index contributed by atoms with van der Waals surface area (Å²) in [5.41, 5.74) is 7.13. The van der Waals surface area contributed by atoms with Crippen molar-refractivity contribution in [1.82, 2.24) is 4.98 Å². The molecule has 16 heavy (non-hydrogen) atoms. The Bertz CT molecular complexity index is 329. The number of thiazole rings is 1. The molecule has 3 N–H and O–H groups in total. The topological polar surface area (TPSA) is 50.9 Å². The first-order valence-electron chi connectivity index (χ1n) is 6.08. The third-order valence-electron chi connectivity index (χ3n) is 3.39. The molecule has 0 aromatic carbocycles. The molecule has 1 aromatic heterocycles. The van der Waals surface area contributed by atoms with Crippen molar-refractivity contribution in [3.63, 3.8) is 0 Å². The number of nitrogens with two attached hydrogens (primary N) is 1. The van der Waals surface area contributed by atoms with Crippen molar-refractivity contribution in [3.8, 4) is 0 Å². The lowest BCUT2D eigenvalue weighted by Gasteiger charge is -2.26. The van der Waals surface area contributed by atoms with Crippen LogP contribution < -0.4 is 11.1 Å². The largest absolute Gasteiger partial charge is 0.361 e. The van der Waals surface area contributed by atoms with Crippen LogP contribution in [-0.2, 0) is 0 Å². The summed E-state index contributed by atoms with van der Waals surface area (Å²) in [5.74, 6) is 0.730. The van der Waals surface area contributed by atoms with Crippen LogP contribution in [0.25, 0.3) is 0 Å². The van der Waals surface area contributed by atoms with E-state index in [0.717, 1.165) is 29.7 Å². The zero-order chi connectivity index (χ0) is 11.5. The third kappa shape index (κ3) is 2.95. The smallest absolute Gasteiger partial charge is 0.183 e. The molecule has 2 atom stereocenters. The number of rotatable bonds is 3. The van der Waals surface area contributed by atoms with Crippen LogP contribution in [0.2, 0.25) is 0 Å². The average molecular weight is 239 g/mol. The van der Waals surface area contributed by atoms with Gasteiger partial charge >= 0.3 is 0 Å². The molecule has 1 saturated carbocycles. The molecule has 90 valence electrons. The lowest BCUT2D eigenvalue weighted by atomic mass is 9.86. The summed E-state index contributed by atoms with van der Waals surface area (Å²) < 4.78 is 0. The van der Waals surface area contributed by atoms with Gasteiger partial charge in [-0.2, -0.15) is 0 Å². The van der Waals surface area contributed by atoms with Crippen LogP contribution in [0.3, 0.4) is 0 Å². The van der Waals surface area contributed by atoms with E-state index in [2.05, 4.69) is 24.1 Å². The van der Waals surface area contributed by atoms with Crippen molar-refractivity contribution in [2.24, 2.45) is 11.7 Å². The van der Waals surface area contributed by atoms with Gasteiger partial charge in [0.05, 0.1) is 5.69 Å². The highest BCUT2D eigenvalue weighted by atomic mass is 32.1. The Morgan fingerprint density at radius 1 is 1.44 bits per heavy atom. The van der Waals surface area contributed by atoms with Crippen LogP contribution in [0.1, 0.15) is 36.3 Å². The molecule has 1 aliphatic carbocycles. The summed E-state index contributed by atoms with van der Waals surface area (Å²) in [6.45, 7) is 5.21. The number of anilines is 1. The minimum atomic E-state index is 0.417. The molecule has 2 unspecified atom stereocenters. The SMILES string of the molecule is Cc1nc(NCC2CCCC(N)C2)sc1C. The van der Waals surface area contributed by atoms with Crippen molar-refractivity contribution in [2.45, 2.75) is 45.6 Å². The highest BCUT2D eigenvalue weighted by Gasteiger charge is 2.19. The standard InChI is InChI=1S/C12H21N3S/c1-8-9(2)16-12(15-8)14-7-10-4-3-5-11(13)6-10/h10-11H,3-7,13H2,1-2H3,(H,14,15). The van der Waals surface area contributed by atoms with Gasteiger partial charge in [-0.3, -0.25) is 0 Å². The Balaban J connectivity index is 1.82. The summed E-state index contributed by atoms with van der Waals surface area (Å²) in [5, 5.41) is 4.51. The number of hydrogen-bond donors (Lipinski definition) is 2. The highest BCUT2D eigenvalue weighted by molar-refractivity contribution is 7.15. The van der Waals surface area contributed by atoms with E-state index in [1.165, 1.54) is 24.1 Å². The van der Waals surface area contributed by atoms with Gasteiger partial charge in [0.15, 0.2) is 5.13 Å². The molecule has 0 bridgehead atoms. The molecular weight excluding hydrogens is 218 g/mol. The van der Waals surface area contributed by atoms with Crippen molar-refractivity contribution >= 4 is 16.5 Å². The fourth-order valence-electron chi connectivity index (χ4n) is 2.30. The Morgan fingerprint density at radius 2 is 2.25 bits per heavy atom. The van der Waals surface area contributed by atoms with Gasteiger partial charge in [-0.1, -0.05) is 6.42 Å². The maximum Gasteiger partial charge on any atom is 0.183 e. The van der Waals surface area contributed by atoms with Crippen LogP contribution in [0.5, 0.6) is 0 Å². The Kier molecular flexibility index (Phi) is 3.82. The molecule has 1 fully saturated rings. The van der Waals surface area contributed by atoms with E-state index in [9.17, 15) is 0 Å². The lowest BCUT2D eigenvalue weighted by Crippen LogP contribution is -2.30. The van der Waals surface area contributed by atoms with Gasteiger partial charge in [0.1, 0.15) is 0 Å². The van der Waals surface area contributed by atoms with Gasteiger partial charge in [-0.15, -0.1) is 11.3 Å². The molecule has 0 spiro atoms. The molecule has 0 aliphatic heterocycles. The Morgan fingerprint density at radius 3 is 2.88 bits per heavy atom. The molecule has 4 heteroatoms. The Hall–Kier alpha value is -0.610. The maximum absolute atomic E-state index is 5.98. The van der Waals surface area contributed by atoms with Crippen molar-refractivity contribution < 1.29 is 0 Å². The minimum Gasteiger partial charge on any atom is -0.361 e. The van der Waals surface area contributed by atoms with Crippen LogP contribution in [-0.4, -0.2) is 17.6 Å². The van der Waals surface area contributed by atoms with Crippen molar-refractivity contribution in [3.05, 3.63) is 10.6 Å². The second-order valence-corrected chi connectivity index (χ2v) is 6.04. The lowest BCUT2D eigenvalue weighted by molar-refractivity contribution is 0.335. The summed E-state index contributed by atoms with van der Waals surface area (Å²) >= 11 is 1.75.